The molecule has 0 radical (unpaired) electrons. The normalized spacial score (nSPS) is 21.6. The number of carbonyl (C=O) groups excluding carboxylic acids is 4. The highest BCUT2D eigenvalue weighted by Crippen LogP contribution is 2.59. The third-order valence-corrected chi connectivity index (χ3v) is 12.9. The van der Waals surface area contributed by atoms with E-state index < -0.39 is 39.5 Å². The van der Waals surface area contributed by atoms with Crippen LogP contribution in [0.2, 0.25) is 0 Å². The van der Waals surface area contributed by atoms with Crippen LogP contribution in [0, 0.1) is 29.0 Å². The zero-order chi connectivity index (χ0) is 39.0. The molecule has 5 N–H and O–H groups in total. The maximum absolute atomic E-state index is 15.3. The molecule has 4 aromatic carbocycles. The van der Waals surface area contributed by atoms with E-state index in [0.29, 0.717) is 35.3 Å². The molecular formula is C42H41FN6O6S. The summed E-state index contributed by atoms with van der Waals surface area (Å²) >= 11 is 0. The average Bonchev–Trinajstić information content (AvgIpc) is 3.65. The van der Waals surface area contributed by atoms with Crippen molar-refractivity contribution in [2.24, 2.45) is 23.2 Å². The number of nitrogens with zero attached hydrogens (tertiary/aromatic N) is 1. The number of fused-ring (bicyclic) bond motifs is 1. The molecule has 4 aliphatic rings. The summed E-state index contributed by atoms with van der Waals surface area (Å²) in [6.45, 7) is 0.165. The molecule has 5 aromatic rings. The van der Waals surface area contributed by atoms with Gasteiger partial charge in [-0.1, -0.05) is 42.5 Å². The summed E-state index contributed by atoms with van der Waals surface area (Å²) in [5.41, 5.74) is 1.50. The van der Waals surface area contributed by atoms with Gasteiger partial charge in [-0.3, -0.25) is 19.2 Å². The number of aromatic nitrogens is 2. The maximum Gasteiger partial charge on any atom is 0.264 e. The molecule has 4 bridgehead atoms. The van der Waals surface area contributed by atoms with E-state index in [1.165, 1.54) is 86.3 Å². The summed E-state index contributed by atoms with van der Waals surface area (Å²) in [5, 5.41) is 8.53. The number of H-pyrrole nitrogens is 1. The van der Waals surface area contributed by atoms with Crippen molar-refractivity contribution in [1.82, 2.24) is 25.3 Å². The first-order valence-electron chi connectivity index (χ1n) is 18.8. The van der Waals surface area contributed by atoms with Crippen LogP contribution in [0.15, 0.2) is 102 Å². The fourth-order valence-corrected chi connectivity index (χ4v) is 10.4. The standard InChI is InChI=1S/C42H41FN6O6S/c43-35-12-5-4-11-31(35)34(41(53)48-29-9-6-10-30(16-29)56(54,55)49-38(50)28-7-2-1-3-8-28)22-44-39(51)32-17-36-37(47-24-46-36)18-33(32)40(52)45-23-42-19-25-13-26(20-42)15-27(14-25)21-42/h1-12,16-18,24-27,34H,13-15,19-23H2,(H,44,51)(H,45,52)(H,46,47)(H,48,53)(H,49,50). The number of imidazole rings is 1. The molecule has 4 aliphatic carbocycles. The highest BCUT2D eigenvalue weighted by atomic mass is 32.2. The minimum atomic E-state index is -4.34. The van der Waals surface area contributed by atoms with Crippen molar-refractivity contribution in [2.75, 3.05) is 18.4 Å². The second-order valence-electron chi connectivity index (χ2n) is 15.5. The lowest BCUT2D eigenvalue weighted by Gasteiger charge is -2.56. The van der Waals surface area contributed by atoms with Gasteiger partial charge < -0.3 is 20.9 Å². The van der Waals surface area contributed by atoms with E-state index in [4.69, 9.17) is 0 Å². The van der Waals surface area contributed by atoms with Gasteiger partial charge in [-0.25, -0.2) is 22.5 Å². The van der Waals surface area contributed by atoms with Gasteiger partial charge in [0.1, 0.15) is 5.82 Å². The average molecular weight is 777 g/mol. The van der Waals surface area contributed by atoms with E-state index >= 15 is 4.39 Å². The number of rotatable bonds is 12. The first-order valence-corrected chi connectivity index (χ1v) is 20.2. The molecule has 0 saturated heterocycles. The van der Waals surface area contributed by atoms with E-state index in [9.17, 15) is 27.6 Å². The second kappa shape index (κ2) is 15.0. The van der Waals surface area contributed by atoms with Crippen LogP contribution in [0.5, 0.6) is 0 Å². The predicted molar refractivity (Wildman–Crippen MR) is 207 cm³/mol. The van der Waals surface area contributed by atoms with E-state index in [-0.39, 0.29) is 50.7 Å². The van der Waals surface area contributed by atoms with Gasteiger partial charge in [0.25, 0.3) is 27.7 Å². The van der Waals surface area contributed by atoms with Gasteiger partial charge in [0.05, 0.1) is 39.3 Å². The lowest BCUT2D eigenvalue weighted by atomic mass is 9.49. The van der Waals surface area contributed by atoms with E-state index in [0.717, 1.165) is 19.3 Å². The molecule has 56 heavy (non-hydrogen) atoms. The summed E-state index contributed by atoms with van der Waals surface area (Å²) < 4.78 is 43.5. The van der Waals surface area contributed by atoms with Crippen LogP contribution in [-0.4, -0.2) is 55.1 Å². The summed E-state index contributed by atoms with van der Waals surface area (Å²) in [5.74, 6) is -2.45. The minimum Gasteiger partial charge on any atom is -0.351 e. The number of amides is 4. The Balaban J connectivity index is 0.996. The Labute approximate surface area is 323 Å². The number of hydrogen-bond donors (Lipinski definition) is 5. The maximum atomic E-state index is 15.3. The number of aromatic amines is 1. The van der Waals surface area contributed by atoms with Crippen molar-refractivity contribution in [3.63, 3.8) is 0 Å². The lowest BCUT2D eigenvalue weighted by Crippen LogP contribution is -2.51. The summed E-state index contributed by atoms with van der Waals surface area (Å²) in [6, 6.07) is 21.8. The Morgan fingerprint density at radius 3 is 2.16 bits per heavy atom. The van der Waals surface area contributed by atoms with Gasteiger partial charge in [-0.2, -0.15) is 0 Å². The fraction of sp³-hybridized carbons (Fsp3) is 0.310. The first-order chi connectivity index (χ1) is 26.9. The highest BCUT2D eigenvalue weighted by molar-refractivity contribution is 7.90. The summed E-state index contributed by atoms with van der Waals surface area (Å²) in [6.07, 6.45) is 8.64. The Hall–Kier alpha value is -5.89. The summed E-state index contributed by atoms with van der Waals surface area (Å²) in [4.78, 5) is 61.3. The Morgan fingerprint density at radius 2 is 1.45 bits per heavy atom. The Kier molecular flexibility index (Phi) is 9.91. The highest BCUT2D eigenvalue weighted by Gasteiger charge is 2.50. The third kappa shape index (κ3) is 7.65. The smallest absolute Gasteiger partial charge is 0.264 e. The lowest BCUT2D eigenvalue weighted by molar-refractivity contribution is -0.117. The molecule has 1 atom stereocenters. The molecule has 14 heteroatoms. The van der Waals surface area contributed by atoms with Crippen molar-refractivity contribution in [3.8, 4) is 0 Å². The number of halogens is 1. The fourth-order valence-electron chi connectivity index (χ4n) is 9.42. The number of sulfonamides is 1. The van der Waals surface area contributed by atoms with E-state index in [1.54, 1.807) is 30.3 Å². The van der Waals surface area contributed by atoms with Crippen LogP contribution in [0.1, 0.15) is 81.1 Å². The van der Waals surface area contributed by atoms with E-state index in [1.807, 2.05) is 4.72 Å². The van der Waals surface area contributed by atoms with Gasteiger partial charge in [-0.05, 0) is 110 Å². The quantitative estimate of drug-likeness (QED) is 0.104. The number of anilines is 1. The third-order valence-electron chi connectivity index (χ3n) is 11.6. The number of benzene rings is 4. The van der Waals surface area contributed by atoms with Crippen LogP contribution < -0.4 is 20.7 Å². The number of carbonyl (C=O) groups is 4. The topological polar surface area (TPSA) is 179 Å². The van der Waals surface area contributed by atoms with Gasteiger partial charge in [0.2, 0.25) is 5.91 Å². The predicted octanol–water partition coefficient (Wildman–Crippen LogP) is 5.92. The van der Waals surface area contributed by atoms with Crippen molar-refractivity contribution >= 4 is 50.4 Å². The van der Waals surface area contributed by atoms with Crippen LogP contribution >= 0.6 is 0 Å². The monoisotopic (exact) mass is 776 g/mol. The largest absolute Gasteiger partial charge is 0.351 e. The van der Waals surface area contributed by atoms with Crippen molar-refractivity contribution < 1.29 is 32.0 Å². The number of hydrogen-bond acceptors (Lipinski definition) is 7. The second-order valence-corrected chi connectivity index (χ2v) is 17.2. The summed E-state index contributed by atoms with van der Waals surface area (Å²) in [7, 11) is -4.34. The van der Waals surface area contributed by atoms with Gasteiger partial charge in [0, 0.05) is 29.9 Å². The van der Waals surface area contributed by atoms with Crippen LogP contribution in [0.25, 0.3) is 11.0 Å². The molecule has 0 spiro atoms. The van der Waals surface area contributed by atoms with Crippen LogP contribution in [-0.2, 0) is 14.8 Å². The minimum absolute atomic E-state index is 0.0134. The van der Waals surface area contributed by atoms with Crippen molar-refractivity contribution in [3.05, 3.63) is 125 Å². The van der Waals surface area contributed by atoms with Crippen molar-refractivity contribution in [2.45, 2.75) is 49.3 Å². The Morgan fingerprint density at radius 1 is 0.786 bits per heavy atom. The molecule has 1 aromatic heterocycles. The molecule has 4 amide bonds. The SMILES string of the molecule is O=C(NS(=O)(=O)c1cccc(NC(=O)C(CNC(=O)c2cc3nc[nH]c3cc2C(=O)NCC23CC4CC(CC(C4)C2)C3)c2ccccc2F)c1)c1ccccc1. The first kappa shape index (κ1) is 37.1. The van der Waals surface area contributed by atoms with Crippen molar-refractivity contribution in [1.29, 1.82) is 0 Å². The number of nitrogens with one attached hydrogen (secondary N) is 5. The molecule has 1 heterocycles. The molecule has 4 saturated carbocycles. The molecule has 1 unspecified atom stereocenters. The molecule has 0 aliphatic heterocycles. The van der Waals surface area contributed by atoms with Gasteiger partial charge in [0.15, 0.2) is 0 Å². The molecular weight excluding hydrogens is 736 g/mol. The van der Waals surface area contributed by atoms with Crippen LogP contribution in [0.3, 0.4) is 0 Å². The molecule has 9 rings (SSSR count). The molecule has 4 fully saturated rings. The Bertz CT molecular complexity index is 2420. The van der Waals surface area contributed by atoms with Gasteiger partial charge >= 0.3 is 0 Å². The molecule has 288 valence electrons. The van der Waals surface area contributed by atoms with Crippen LogP contribution in [0.4, 0.5) is 10.1 Å². The van der Waals surface area contributed by atoms with E-state index in [2.05, 4.69) is 25.9 Å². The molecule has 12 nitrogen and oxygen atoms in total. The zero-order valence-corrected chi connectivity index (χ0v) is 31.2. The van der Waals surface area contributed by atoms with Gasteiger partial charge in [-0.15, -0.1) is 0 Å². The zero-order valence-electron chi connectivity index (χ0n) is 30.4.